The Morgan fingerprint density at radius 2 is 1.90 bits per heavy atom. The van der Waals surface area contributed by atoms with Crippen LogP contribution in [-0.4, -0.2) is 104 Å². The van der Waals surface area contributed by atoms with Gasteiger partial charge in [0.15, 0.2) is 11.9 Å². The number of carbonyl (C=O) groups excluding carboxylic acids is 2. The highest BCUT2D eigenvalue weighted by molar-refractivity contribution is 7.66. The van der Waals surface area contributed by atoms with Gasteiger partial charge in [0.2, 0.25) is 11.9 Å². The third kappa shape index (κ3) is 15.0. The summed E-state index contributed by atoms with van der Waals surface area (Å²) in [7, 11) is -16.7. The van der Waals surface area contributed by atoms with Crippen LogP contribution in [0.1, 0.15) is 54.3 Å². The number of nitrogen functional groups attached to an aromatic ring is 1. The number of fused-ring (bicyclic) bond motifs is 1. The number of hydrogen-bond donors (Lipinski definition) is 8. The predicted molar refractivity (Wildman–Crippen MR) is 209 cm³/mol. The van der Waals surface area contributed by atoms with Gasteiger partial charge < -0.3 is 59.5 Å². The zero-order chi connectivity index (χ0) is 44.2. The van der Waals surface area contributed by atoms with E-state index in [4.69, 9.17) is 40.0 Å². The molecule has 2 fully saturated rings. The Morgan fingerprint density at radius 1 is 1.11 bits per heavy atom. The summed E-state index contributed by atoms with van der Waals surface area (Å²) in [6.07, 6.45) is 2.49. The second-order valence-corrected chi connectivity index (χ2v) is 17.7. The van der Waals surface area contributed by atoms with Crippen molar-refractivity contribution in [2.75, 3.05) is 51.9 Å². The Labute approximate surface area is 345 Å². The van der Waals surface area contributed by atoms with Gasteiger partial charge in [0.1, 0.15) is 25.2 Å². The lowest BCUT2D eigenvalue weighted by molar-refractivity contribution is -0.126. The van der Waals surface area contributed by atoms with Crippen molar-refractivity contribution >= 4 is 52.3 Å². The van der Waals surface area contributed by atoms with E-state index in [-0.39, 0.29) is 74.3 Å². The van der Waals surface area contributed by atoms with E-state index >= 15 is 0 Å². The zero-order valence-electron chi connectivity index (χ0n) is 31.9. The smallest absolute Gasteiger partial charge is 0.490 e. The van der Waals surface area contributed by atoms with Crippen molar-refractivity contribution in [3.05, 3.63) is 62.4 Å². The second-order valence-electron chi connectivity index (χ2n) is 13.3. The van der Waals surface area contributed by atoms with Crippen LogP contribution in [0.5, 0.6) is 5.75 Å². The molecule has 1 aliphatic heterocycles. The lowest BCUT2D eigenvalue weighted by Crippen LogP contribution is -2.32. The number of azide groups is 1. The number of nitrogens with one attached hydrogen (secondary N) is 3. The maximum absolute atomic E-state index is 12.9. The van der Waals surface area contributed by atoms with E-state index in [1.165, 1.54) is 17.2 Å². The fourth-order valence-electron chi connectivity index (χ4n) is 5.83. The number of H-pyrrole nitrogens is 1. The molecular weight excluding hydrogens is 875 g/mol. The molecule has 332 valence electrons. The quantitative estimate of drug-likeness (QED) is 0.0178. The van der Waals surface area contributed by atoms with Gasteiger partial charge >= 0.3 is 23.5 Å². The molecule has 3 heterocycles. The average Bonchev–Trinajstić information content (AvgIpc) is 3.77. The fraction of sp³-hybridized carbons (Fsp3) is 0.500. The van der Waals surface area contributed by atoms with Crippen molar-refractivity contribution in [1.82, 2.24) is 25.2 Å². The molecule has 0 radical (unpaired) electrons. The highest BCUT2D eigenvalue weighted by atomic mass is 31.3. The number of hydrogen-bond acceptors (Lipinski definition) is 16. The summed E-state index contributed by atoms with van der Waals surface area (Å²) >= 11 is 0. The van der Waals surface area contributed by atoms with Crippen molar-refractivity contribution in [2.45, 2.75) is 50.7 Å². The summed E-state index contributed by atoms with van der Waals surface area (Å²) in [5, 5.41) is 9.05. The van der Waals surface area contributed by atoms with Crippen LogP contribution >= 0.6 is 23.5 Å². The molecule has 3 unspecified atom stereocenters. The van der Waals surface area contributed by atoms with Gasteiger partial charge in [-0.25, -0.2) is 13.7 Å². The number of aromatic amines is 1. The Bertz CT molecular complexity index is 2370. The molecular formula is C32H42N9O17P3. The SMILES string of the molecule is [N-]=[N+]=NC(COc1cccc(C(=O)NCC2CCC2)c1)OCCOCC(=O)NCC#Cc1cn([C@H]2CC[C@@H](COP(=O)(O)OP(=O)(O)OP(=O)(O)O)O2)c2nc(N)[nH]c(=O)c12. The maximum Gasteiger partial charge on any atom is 0.490 e. The molecule has 29 heteroatoms. The summed E-state index contributed by atoms with van der Waals surface area (Å²) in [6, 6.07) is 6.56. The molecule has 9 N–H and O–H groups in total. The highest BCUT2D eigenvalue weighted by Crippen LogP contribution is 2.66. The van der Waals surface area contributed by atoms with Gasteiger partial charge in [0, 0.05) is 23.2 Å². The van der Waals surface area contributed by atoms with Crippen LogP contribution in [-0.2, 0) is 45.8 Å². The van der Waals surface area contributed by atoms with Crippen molar-refractivity contribution in [3.8, 4) is 17.6 Å². The van der Waals surface area contributed by atoms with Crippen LogP contribution in [0.2, 0.25) is 0 Å². The topological polar surface area (TPSA) is 380 Å². The molecule has 5 rings (SSSR count). The third-order valence-electron chi connectivity index (χ3n) is 8.75. The summed E-state index contributed by atoms with van der Waals surface area (Å²) < 4.78 is 70.4. The molecule has 2 amide bonds. The Kier molecular flexibility index (Phi) is 16.6. The van der Waals surface area contributed by atoms with E-state index in [0.717, 1.165) is 12.8 Å². The third-order valence-corrected chi connectivity index (χ3v) is 12.6. The van der Waals surface area contributed by atoms with Gasteiger partial charge in [-0.2, -0.15) is 13.6 Å². The Balaban J connectivity index is 1.05. The van der Waals surface area contributed by atoms with Gasteiger partial charge in [0.05, 0.1) is 43.4 Å². The summed E-state index contributed by atoms with van der Waals surface area (Å²) in [4.78, 5) is 83.5. The normalized spacial score (nSPS) is 19.0. The first-order chi connectivity index (χ1) is 28.9. The van der Waals surface area contributed by atoms with Gasteiger partial charge in [0.25, 0.3) is 11.5 Å². The van der Waals surface area contributed by atoms with E-state index < -0.39 is 60.1 Å². The number of benzene rings is 1. The number of nitrogens with zero attached hydrogens (tertiary/aromatic N) is 5. The average molecular weight is 918 g/mol. The van der Waals surface area contributed by atoms with Crippen LogP contribution in [0.3, 0.4) is 0 Å². The number of phosphoric ester groups is 1. The van der Waals surface area contributed by atoms with Crippen molar-refractivity contribution in [3.63, 3.8) is 0 Å². The Morgan fingerprint density at radius 3 is 2.62 bits per heavy atom. The van der Waals surface area contributed by atoms with Crippen LogP contribution in [0, 0.1) is 17.8 Å². The molecule has 5 atom stereocenters. The molecule has 0 spiro atoms. The van der Waals surface area contributed by atoms with Crippen LogP contribution in [0.15, 0.2) is 40.4 Å². The fourth-order valence-corrected chi connectivity index (χ4v) is 8.87. The zero-order valence-corrected chi connectivity index (χ0v) is 34.6. The van der Waals surface area contributed by atoms with Crippen LogP contribution < -0.4 is 26.7 Å². The maximum atomic E-state index is 12.9. The van der Waals surface area contributed by atoms with Gasteiger partial charge in [-0.15, -0.1) is 0 Å². The minimum absolute atomic E-state index is 0.0384. The summed E-state index contributed by atoms with van der Waals surface area (Å²) in [6.45, 7) is -0.837. The van der Waals surface area contributed by atoms with Crippen molar-refractivity contribution < 1.29 is 75.0 Å². The lowest BCUT2D eigenvalue weighted by Gasteiger charge is -2.25. The number of aromatic nitrogens is 3. The van der Waals surface area contributed by atoms with E-state index in [1.807, 2.05) is 0 Å². The second kappa shape index (κ2) is 21.4. The Hall–Kier alpha value is -4.66. The number of phosphoric acid groups is 3. The number of carbonyl (C=O) groups is 2. The number of ether oxygens (including phenoxy) is 4. The van der Waals surface area contributed by atoms with Crippen molar-refractivity contribution in [1.29, 1.82) is 0 Å². The van der Waals surface area contributed by atoms with E-state index in [9.17, 15) is 37.9 Å². The first-order valence-corrected chi connectivity index (χ1v) is 22.8. The predicted octanol–water partition coefficient (Wildman–Crippen LogP) is 2.07. The van der Waals surface area contributed by atoms with Gasteiger partial charge in [-0.1, -0.05) is 29.4 Å². The van der Waals surface area contributed by atoms with Crippen molar-refractivity contribution in [2.24, 2.45) is 11.0 Å². The number of amides is 2. The number of nitrogens with two attached hydrogens (primary N) is 1. The van der Waals surface area contributed by atoms with Crippen LogP contribution in [0.25, 0.3) is 21.5 Å². The van der Waals surface area contributed by atoms with Crippen LogP contribution in [0.4, 0.5) is 5.95 Å². The summed E-state index contributed by atoms with van der Waals surface area (Å²) in [5.74, 6) is 5.43. The molecule has 1 aliphatic carbocycles. The molecule has 1 saturated carbocycles. The van der Waals surface area contributed by atoms with Gasteiger partial charge in [-0.05, 0) is 55.3 Å². The largest absolute Gasteiger partial charge is 0.491 e. The monoisotopic (exact) mass is 917 g/mol. The first-order valence-electron chi connectivity index (χ1n) is 18.2. The molecule has 0 bridgehead atoms. The molecule has 2 aromatic heterocycles. The molecule has 1 saturated heterocycles. The molecule has 2 aliphatic rings. The minimum Gasteiger partial charge on any atom is -0.491 e. The molecule has 1 aromatic carbocycles. The lowest BCUT2D eigenvalue weighted by atomic mass is 9.85. The van der Waals surface area contributed by atoms with E-state index in [2.05, 4.69) is 55.6 Å². The minimum atomic E-state index is -5.71. The number of rotatable bonds is 22. The van der Waals surface area contributed by atoms with E-state index in [1.54, 1.807) is 24.3 Å². The number of anilines is 1. The van der Waals surface area contributed by atoms with Gasteiger partial charge in [-0.3, -0.25) is 23.9 Å². The molecule has 61 heavy (non-hydrogen) atoms. The van der Waals surface area contributed by atoms with E-state index in [0.29, 0.717) is 23.8 Å². The summed E-state index contributed by atoms with van der Waals surface area (Å²) in [5.41, 5.74) is 14.8. The standard InChI is InChI=1S/C32H42N9O17P3/c33-32-37-29-28(31(44)38-32)22(16-41(29)27-10-9-24(56-27)17-55-60(48,49)58-61(50,51)57-59(45,46)47)7-3-11-35-25(42)18-52-12-13-53-26(39-40-34)19-54-23-8-2-6-21(14-23)30(43)36-15-20-4-1-5-20/h2,6,8,14,16,20,24,26-27H,1,4-5,9-13,15,17-19H2,(H,35,42)(H,36,43)(H,48,49)(H,50,51)(H2,45,46,47)(H3,33,37,38,44)/t24-,26?,27+/m0/s1. The molecule has 26 nitrogen and oxygen atoms in total. The first kappa shape index (κ1) is 47.4. The molecule has 3 aromatic rings. The highest BCUT2D eigenvalue weighted by Gasteiger charge is 2.41.